The maximum Gasteiger partial charge on any atom is 0.260 e. The lowest BCUT2D eigenvalue weighted by molar-refractivity contribution is 0.0808. The van der Waals surface area contributed by atoms with Gasteiger partial charge in [0.15, 0.2) is 0 Å². The number of aliphatic imine (C=N–C) groups is 1. The third-order valence-electron chi connectivity index (χ3n) is 10.2. The van der Waals surface area contributed by atoms with E-state index in [1.54, 1.807) is 23.0 Å². The molecule has 9 heteroatoms. The number of aliphatic hydroxyl groups is 1. The molecule has 3 aliphatic rings. The van der Waals surface area contributed by atoms with E-state index in [9.17, 15) is 14.7 Å². The summed E-state index contributed by atoms with van der Waals surface area (Å²) in [6.07, 6.45) is 9.99. The van der Waals surface area contributed by atoms with Gasteiger partial charge in [0.05, 0.1) is 40.1 Å². The molecule has 0 radical (unpaired) electrons. The number of aromatic nitrogens is 2. The molecule has 1 aliphatic heterocycles. The van der Waals surface area contributed by atoms with E-state index in [2.05, 4.69) is 50.2 Å². The number of hydrogen-bond acceptors (Lipinski definition) is 7. The van der Waals surface area contributed by atoms with Crippen LogP contribution in [0.25, 0.3) is 11.3 Å². The Kier molecular flexibility index (Phi) is 10.8. The summed E-state index contributed by atoms with van der Waals surface area (Å²) in [6.45, 7) is 11.8. The van der Waals surface area contributed by atoms with Gasteiger partial charge < -0.3 is 20.3 Å². The summed E-state index contributed by atoms with van der Waals surface area (Å²) in [5.41, 5.74) is 2.58. The summed E-state index contributed by atoms with van der Waals surface area (Å²) in [6, 6.07) is 17.1. The zero-order valence-electron chi connectivity index (χ0n) is 29.7. The van der Waals surface area contributed by atoms with Crippen molar-refractivity contribution in [3.8, 4) is 11.3 Å². The van der Waals surface area contributed by atoms with Gasteiger partial charge in [-0.05, 0) is 66.7 Å². The van der Waals surface area contributed by atoms with Crippen LogP contribution < -0.4 is 16.2 Å². The van der Waals surface area contributed by atoms with E-state index in [4.69, 9.17) is 4.99 Å². The minimum atomic E-state index is -0.843. The zero-order chi connectivity index (χ0) is 34.8. The summed E-state index contributed by atoms with van der Waals surface area (Å²) < 4.78 is 1.74. The number of carbonyl (C=O) groups excluding carboxylic acids is 1. The average molecular weight is 684 g/mol. The van der Waals surface area contributed by atoms with Gasteiger partial charge in [0, 0.05) is 42.7 Å². The fourth-order valence-corrected chi connectivity index (χ4v) is 9.53. The fraction of sp³-hybridized carbons (Fsp3) is 0.550. The molecule has 3 unspecified atom stereocenters. The Bertz CT molecular complexity index is 1680. The summed E-state index contributed by atoms with van der Waals surface area (Å²) >= 11 is 1.92. The highest BCUT2D eigenvalue weighted by atomic mass is 32.2. The zero-order valence-corrected chi connectivity index (χ0v) is 30.5. The molecule has 2 aliphatic carbocycles. The summed E-state index contributed by atoms with van der Waals surface area (Å²) in [7, 11) is 0. The molecule has 0 spiro atoms. The van der Waals surface area contributed by atoms with Crippen molar-refractivity contribution in [1.29, 1.82) is 0 Å². The number of benzene rings is 1. The summed E-state index contributed by atoms with van der Waals surface area (Å²) in [5.74, 6) is -0.311. The van der Waals surface area contributed by atoms with Crippen molar-refractivity contribution in [1.82, 2.24) is 20.2 Å². The molecule has 6 rings (SSSR count). The lowest BCUT2D eigenvalue weighted by Gasteiger charge is -2.42. The molecule has 2 fully saturated rings. The smallest absolute Gasteiger partial charge is 0.260 e. The monoisotopic (exact) mass is 683 g/mol. The van der Waals surface area contributed by atoms with E-state index < -0.39 is 12.1 Å². The van der Waals surface area contributed by atoms with Crippen LogP contribution in [0.15, 0.2) is 76.8 Å². The number of nitrogens with one attached hydrogen (secondary N) is 2. The Labute approximate surface area is 295 Å². The molecular weight excluding hydrogens is 631 g/mol. The van der Waals surface area contributed by atoms with Crippen LogP contribution in [0, 0.1) is 10.8 Å². The Balaban J connectivity index is 1.22. The first kappa shape index (κ1) is 35.6. The molecule has 3 N–H and O–H groups in total. The molecule has 0 bridgehead atoms. The van der Waals surface area contributed by atoms with Gasteiger partial charge in [-0.25, -0.2) is 0 Å². The van der Waals surface area contributed by atoms with Gasteiger partial charge in [0.25, 0.3) is 11.5 Å². The standard InChI is InChI=1S/C40H53N5O3S/c1-39(2,3)23-35-43-33-22-40(4,5)21-32(36(33)49-35)42-24-34(46)31(19-26-13-7-6-8-14-26)44-37(47)27-20-29(30-17-11-12-18-41-30)38(48)45(25-27)28-15-9-10-16-28/h6-8,11-14,17-18,20,25,28,31-34,36,42,46H,9-10,15-16,19,21-24H2,1-5H3,(H,44,47)/t31-,32?,33?,34+,36?/m0/s1. The lowest BCUT2D eigenvalue weighted by atomic mass is 9.72. The topological polar surface area (TPSA) is 109 Å². The molecule has 2 aromatic heterocycles. The molecule has 3 heterocycles. The second kappa shape index (κ2) is 14.9. The third kappa shape index (κ3) is 8.91. The van der Waals surface area contributed by atoms with Gasteiger partial charge in [0.2, 0.25) is 0 Å². The lowest BCUT2D eigenvalue weighted by Crippen LogP contribution is -2.55. The van der Waals surface area contributed by atoms with E-state index in [0.29, 0.717) is 35.0 Å². The summed E-state index contributed by atoms with van der Waals surface area (Å²) in [4.78, 5) is 37.4. The Morgan fingerprint density at radius 3 is 2.51 bits per heavy atom. The molecule has 0 saturated heterocycles. The second-order valence-electron chi connectivity index (χ2n) is 16.3. The largest absolute Gasteiger partial charge is 0.390 e. The molecular formula is C40H53N5O3S. The van der Waals surface area contributed by atoms with Crippen molar-refractivity contribution in [2.24, 2.45) is 15.8 Å². The van der Waals surface area contributed by atoms with Crippen molar-refractivity contribution in [3.63, 3.8) is 0 Å². The van der Waals surface area contributed by atoms with Crippen molar-refractivity contribution in [3.05, 3.63) is 88.5 Å². The van der Waals surface area contributed by atoms with Crippen LogP contribution in [0.3, 0.4) is 0 Å². The van der Waals surface area contributed by atoms with E-state index in [-0.39, 0.29) is 40.4 Å². The Morgan fingerprint density at radius 2 is 1.82 bits per heavy atom. The van der Waals surface area contributed by atoms with Crippen LogP contribution in [0.1, 0.15) is 102 Å². The number of fused-ring (bicyclic) bond motifs is 1. The van der Waals surface area contributed by atoms with Crippen LogP contribution >= 0.6 is 11.8 Å². The van der Waals surface area contributed by atoms with E-state index in [1.807, 2.05) is 60.3 Å². The predicted molar refractivity (Wildman–Crippen MR) is 200 cm³/mol. The average Bonchev–Trinajstić information content (AvgIpc) is 3.73. The van der Waals surface area contributed by atoms with Gasteiger partial charge in [-0.15, -0.1) is 11.8 Å². The molecule has 5 atom stereocenters. The number of rotatable bonds is 11. The minimum absolute atomic E-state index is 0.0579. The van der Waals surface area contributed by atoms with Crippen LogP contribution in [0.5, 0.6) is 0 Å². The number of thioether (sulfide) groups is 1. The number of pyridine rings is 2. The second-order valence-corrected chi connectivity index (χ2v) is 17.6. The normalized spacial score (nSPS) is 23.5. The molecule has 1 aromatic carbocycles. The van der Waals surface area contributed by atoms with Crippen molar-refractivity contribution in [2.45, 2.75) is 122 Å². The number of amides is 1. The van der Waals surface area contributed by atoms with Crippen molar-refractivity contribution >= 4 is 22.7 Å². The minimum Gasteiger partial charge on any atom is -0.390 e. The number of aliphatic hydroxyl groups excluding tert-OH is 1. The van der Waals surface area contributed by atoms with Crippen LogP contribution in [-0.4, -0.2) is 61.6 Å². The first-order valence-corrected chi connectivity index (χ1v) is 18.9. The van der Waals surface area contributed by atoms with Gasteiger partial charge in [-0.1, -0.05) is 83.9 Å². The van der Waals surface area contributed by atoms with Crippen molar-refractivity contribution in [2.75, 3.05) is 6.54 Å². The quantitative estimate of drug-likeness (QED) is 0.205. The van der Waals surface area contributed by atoms with Gasteiger partial charge in [0.1, 0.15) is 0 Å². The van der Waals surface area contributed by atoms with E-state index in [1.165, 1.54) is 5.04 Å². The fourth-order valence-electron chi connectivity index (χ4n) is 7.83. The number of nitrogens with zero attached hydrogens (tertiary/aromatic N) is 3. The molecule has 1 amide bonds. The highest BCUT2D eigenvalue weighted by molar-refractivity contribution is 8.14. The van der Waals surface area contributed by atoms with Crippen molar-refractivity contribution < 1.29 is 9.90 Å². The summed E-state index contributed by atoms with van der Waals surface area (Å²) in [5, 5.41) is 20.3. The van der Waals surface area contributed by atoms with Crippen LogP contribution in [0.2, 0.25) is 0 Å². The van der Waals surface area contributed by atoms with Crippen LogP contribution in [0.4, 0.5) is 0 Å². The van der Waals surface area contributed by atoms with Gasteiger partial charge in [-0.2, -0.15) is 0 Å². The van der Waals surface area contributed by atoms with E-state index >= 15 is 0 Å². The third-order valence-corrected chi connectivity index (χ3v) is 11.6. The Morgan fingerprint density at radius 1 is 1.08 bits per heavy atom. The number of hydrogen-bond donors (Lipinski definition) is 3. The van der Waals surface area contributed by atoms with Gasteiger partial charge >= 0.3 is 0 Å². The predicted octanol–water partition coefficient (Wildman–Crippen LogP) is 6.82. The first-order chi connectivity index (χ1) is 23.3. The maximum atomic E-state index is 14.1. The van der Waals surface area contributed by atoms with Gasteiger partial charge in [-0.3, -0.25) is 19.6 Å². The first-order valence-electron chi connectivity index (χ1n) is 18.0. The maximum absolute atomic E-state index is 14.1. The molecule has 262 valence electrons. The highest BCUT2D eigenvalue weighted by Crippen LogP contribution is 2.46. The Hall–Kier alpha value is -3.27. The highest BCUT2D eigenvalue weighted by Gasteiger charge is 2.45. The molecule has 3 aromatic rings. The molecule has 49 heavy (non-hydrogen) atoms. The SMILES string of the molecule is CC(C)(C)CC1=NC2CC(C)(C)CC(NC[C@@H](O)[C@H](Cc3ccccc3)NC(=O)c3cc(-c4ccccn4)c(=O)n(C4CCCC4)c3)C2S1. The number of carbonyl (C=O) groups is 1. The van der Waals surface area contributed by atoms with E-state index in [0.717, 1.165) is 50.5 Å². The molecule has 8 nitrogen and oxygen atoms in total. The molecule has 2 saturated carbocycles. The van der Waals surface area contributed by atoms with Crippen LogP contribution in [-0.2, 0) is 6.42 Å².